The van der Waals surface area contributed by atoms with Crippen LogP contribution in [0.4, 0.5) is 0 Å². The van der Waals surface area contributed by atoms with E-state index >= 15 is 0 Å². The summed E-state index contributed by atoms with van der Waals surface area (Å²) in [5.74, 6) is -0.524. The van der Waals surface area contributed by atoms with Gasteiger partial charge in [0.25, 0.3) is 0 Å². The summed E-state index contributed by atoms with van der Waals surface area (Å²) < 4.78 is 35.2. The van der Waals surface area contributed by atoms with E-state index in [2.05, 4.69) is 0 Å². The third-order valence-corrected chi connectivity index (χ3v) is 10.0. The molecule has 15 heteroatoms. The monoisotopic (exact) mass is 624 g/mol. The summed E-state index contributed by atoms with van der Waals surface area (Å²) in [5.41, 5.74) is 0. The van der Waals surface area contributed by atoms with Crippen LogP contribution in [0.2, 0.25) is 0 Å². The molecule has 0 aromatic carbocycles. The normalized spacial score (nSPS) is 54.6. The van der Waals surface area contributed by atoms with Crippen molar-refractivity contribution in [2.45, 2.75) is 150 Å². The van der Waals surface area contributed by atoms with E-state index in [4.69, 9.17) is 28.4 Å². The van der Waals surface area contributed by atoms with Gasteiger partial charge >= 0.3 is 0 Å². The number of aliphatic hydroxyl groups excluding tert-OH is 9. The Bertz CT molecular complexity index is 898. The smallest absolute Gasteiger partial charge is 0.187 e. The van der Waals surface area contributed by atoms with Crippen molar-refractivity contribution < 1.29 is 74.4 Å². The van der Waals surface area contributed by atoms with E-state index in [-0.39, 0.29) is 30.5 Å². The highest BCUT2D eigenvalue weighted by atomic mass is 16.7. The highest BCUT2D eigenvalue weighted by Gasteiger charge is 2.52. The molecule has 3 heterocycles. The fraction of sp³-hybridized carbons (Fsp3) is 1.00. The first-order valence-electron chi connectivity index (χ1n) is 15.3. The molecule has 19 atom stereocenters. The zero-order chi connectivity index (χ0) is 31.2. The van der Waals surface area contributed by atoms with Gasteiger partial charge in [-0.05, 0) is 44.9 Å². The van der Waals surface area contributed by atoms with Crippen molar-refractivity contribution in [1.82, 2.24) is 0 Å². The molecule has 15 nitrogen and oxygen atoms in total. The van der Waals surface area contributed by atoms with Crippen LogP contribution in [0, 0.1) is 11.8 Å². The van der Waals surface area contributed by atoms with Gasteiger partial charge in [0.15, 0.2) is 12.6 Å². The first kappa shape index (κ1) is 33.8. The third kappa shape index (κ3) is 7.06. The Labute approximate surface area is 249 Å². The zero-order valence-corrected chi connectivity index (χ0v) is 24.4. The second-order valence-corrected chi connectivity index (χ2v) is 12.8. The summed E-state index contributed by atoms with van der Waals surface area (Å²) in [5, 5.41) is 93.8. The highest BCUT2D eigenvalue weighted by Crippen LogP contribution is 2.43. The maximum Gasteiger partial charge on any atom is 0.187 e. The summed E-state index contributed by atoms with van der Waals surface area (Å²) in [6, 6.07) is 0. The first-order chi connectivity index (χ1) is 20.4. The lowest BCUT2D eigenvalue weighted by Crippen LogP contribution is -2.63. The average Bonchev–Trinajstić information content (AvgIpc) is 2.99. The molecule has 250 valence electrons. The fourth-order valence-corrected chi connectivity index (χ4v) is 7.26. The van der Waals surface area contributed by atoms with Crippen molar-refractivity contribution in [3.05, 3.63) is 0 Å². The molecule has 3 aliphatic heterocycles. The molecule has 0 aromatic heterocycles. The Morgan fingerprint density at radius 3 is 2.05 bits per heavy atom. The number of rotatable bonds is 7. The van der Waals surface area contributed by atoms with Crippen LogP contribution in [-0.2, 0) is 28.4 Å². The molecule has 0 spiro atoms. The zero-order valence-electron chi connectivity index (χ0n) is 24.4. The lowest BCUT2D eigenvalue weighted by Gasteiger charge is -2.51. The standard InChI is InChI=1S/C28H48O15/c1-10-20(32)22(34)24(36)27(40-10)39-9-19-21(33)23(35)25(37)28(43-19)42-18-8-13-15(30)6-12(38-2)7-17(13)41-26(18)11-3-4-14(29)16(31)5-11/h10-37H,3-9H2,1-2H3. The molecule has 9 N–H and O–H groups in total. The molecule has 2 saturated carbocycles. The Morgan fingerprint density at radius 2 is 1.35 bits per heavy atom. The fourth-order valence-electron chi connectivity index (χ4n) is 7.26. The van der Waals surface area contributed by atoms with Crippen LogP contribution >= 0.6 is 0 Å². The van der Waals surface area contributed by atoms with Gasteiger partial charge in [-0.2, -0.15) is 0 Å². The van der Waals surface area contributed by atoms with Gasteiger partial charge in [0.2, 0.25) is 0 Å². The lowest BCUT2D eigenvalue weighted by atomic mass is 9.72. The molecule has 3 saturated heterocycles. The van der Waals surface area contributed by atoms with Gasteiger partial charge in [-0.25, -0.2) is 0 Å². The van der Waals surface area contributed by atoms with Crippen molar-refractivity contribution >= 4 is 0 Å². The Kier molecular flexibility index (Phi) is 11.0. The highest BCUT2D eigenvalue weighted by molar-refractivity contribution is 4.99. The van der Waals surface area contributed by atoms with E-state index in [0.717, 1.165) is 0 Å². The number of hydrogen-bond donors (Lipinski definition) is 9. The van der Waals surface area contributed by atoms with E-state index in [0.29, 0.717) is 32.1 Å². The molecule has 0 radical (unpaired) electrons. The second-order valence-electron chi connectivity index (χ2n) is 12.8. The summed E-state index contributed by atoms with van der Waals surface area (Å²) >= 11 is 0. The third-order valence-electron chi connectivity index (χ3n) is 10.0. The number of methoxy groups -OCH3 is 1. The van der Waals surface area contributed by atoms with Crippen molar-refractivity contribution in [3.63, 3.8) is 0 Å². The minimum absolute atomic E-state index is 0.187. The van der Waals surface area contributed by atoms with E-state index in [1.54, 1.807) is 7.11 Å². The van der Waals surface area contributed by atoms with Gasteiger partial charge in [-0.15, -0.1) is 0 Å². The lowest BCUT2D eigenvalue weighted by molar-refractivity contribution is -0.345. The largest absolute Gasteiger partial charge is 0.393 e. The van der Waals surface area contributed by atoms with Gasteiger partial charge < -0.3 is 74.4 Å². The van der Waals surface area contributed by atoms with Gasteiger partial charge in [0.05, 0.1) is 55.4 Å². The maximum atomic E-state index is 10.9. The van der Waals surface area contributed by atoms with Crippen LogP contribution in [0.25, 0.3) is 0 Å². The van der Waals surface area contributed by atoms with Gasteiger partial charge in [0, 0.05) is 19.4 Å². The van der Waals surface area contributed by atoms with E-state index in [9.17, 15) is 46.0 Å². The van der Waals surface area contributed by atoms with Gasteiger partial charge in [0.1, 0.15) is 42.7 Å². The SMILES string of the molecule is COC1CC(O)C2CC(OC3OC(COC4OC(C)C(O)C(O)C4O)C(O)C(O)C3O)C(C3CCC(O)C(O)C3)OC2C1. The average molecular weight is 625 g/mol. The number of aliphatic hydroxyl groups is 9. The number of fused-ring (bicyclic) bond motifs is 1. The molecule has 0 aromatic rings. The summed E-state index contributed by atoms with van der Waals surface area (Å²) in [6.45, 7) is 1.06. The van der Waals surface area contributed by atoms with E-state index in [1.807, 2.05) is 0 Å². The predicted octanol–water partition coefficient (Wildman–Crippen LogP) is -3.51. The molecule has 19 unspecified atom stereocenters. The number of ether oxygens (including phenoxy) is 6. The van der Waals surface area contributed by atoms with Crippen molar-refractivity contribution in [3.8, 4) is 0 Å². The summed E-state index contributed by atoms with van der Waals surface area (Å²) in [4.78, 5) is 0. The quantitative estimate of drug-likeness (QED) is 0.134. The minimum atomic E-state index is -1.69. The molecule has 5 fully saturated rings. The second kappa shape index (κ2) is 14.0. The predicted molar refractivity (Wildman–Crippen MR) is 142 cm³/mol. The van der Waals surface area contributed by atoms with Crippen LogP contribution in [0.3, 0.4) is 0 Å². The van der Waals surface area contributed by atoms with Crippen molar-refractivity contribution in [2.24, 2.45) is 11.8 Å². The van der Waals surface area contributed by atoms with Crippen molar-refractivity contribution in [2.75, 3.05) is 13.7 Å². The summed E-state index contributed by atoms with van der Waals surface area (Å²) in [6.07, 6.45) is -16.3. The van der Waals surface area contributed by atoms with Gasteiger partial charge in [-0.1, -0.05) is 0 Å². The minimum Gasteiger partial charge on any atom is -0.393 e. The topological polar surface area (TPSA) is 237 Å². The van der Waals surface area contributed by atoms with E-state index < -0.39 is 98.5 Å². The van der Waals surface area contributed by atoms with Crippen LogP contribution in [0.1, 0.15) is 45.4 Å². The molecule has 5 aliphatic rings. The van der Waals surface area contributed by atoms with E-state index in [1.165, 1.54) is 6.92 Å². The van der Waals surface area contributed by atoms with Crippen LogP contribution in [-0.4, -0.2) is 164 Å². The first-order valence-corrected chi connectivity index (χ1v) is 15.3. The van der Waals surface area contributed by atoms with Gasteiger partial charge in [-0.3, -0.25) is 0 Å². The molecular formula is C28H48O15. The maximum absolute atomic E-state index is 10.9. The molecule has 5 rings (SSSR count). The Balaban J connectivity index is 1.29. The Hall–Kier alpha value is -0.600. The number of hydrogen-bond acceptors (Lipinski definition) is 15. The Morgan fingerprint density at radius 1 is 0.651 bits per heavy atom. The van der Waals surface area contributed by atoms with Crippen molar-refractivity contribution in [1.29, 1.82) is 0 Å². The molecule has 43 heavy (non-hydrogen) atoms. The molecule has 0 bridgehead atoms. The van der Waals surface area contributed by atoms with Crippen LogP contribution in [0.15, 0.2) is 0 Å². The van der Waals surface area contributed by atoms with Crippen LogP contribution < -0.4 is 0 Å². The molecule has 0 amide bonds. The van der Waals surface area contributed by atoms with Crippen LogP contribution in [0.5, 0.6) is 0 Å². The molecule has 2 aliphatic carbocycles. The summed E-state index contributed by atoms with van der Waals surface area (Å²) in [7, 11) is 1.58. The molecular weight excluding hydrogens is 576 g/mol.